The monoisotopic (exact) mass is 502 g/mol. The number of aliphatic carboxylic acids is 1. The summed E-state index contributed by atoms with van der Waals surface area (Å²) in [4.78, 5) is 63.7. The summed E-state index contributed by atoms with van der Waals surface area (Å²) >= 11 is 0. The van der Waals surface area contributed by atoms with Crippen LogP contribution in [0.15, 0.2) is 30.5 Å². The second kappa shape index (κ2) is 12.7. The van der Waals surface area contributed by atoms with Crippen LogP contribution in [-0.4, -0.2) is 63.9 Å². The number of para-hydroxylation sites is 1. The van der Waals surface area contributed by atoms with E-state index < -0.39 is 53.8 Å². The summed E-state index contributed by atoms with van der Waals surface area (Å²) in [6.45, 7) is 4.81. The maximum Gasteiger partial charge on any atom is 0.326 e. The lowest BCUT2D eigenvalue weighted by Crippen LogP contribution is -2.57. The number of carbonyl (C=O) groups is 5. The van der Waals surface area contributed by atoms with Gasteiger partial charge < -0.3 is 37.5 Å². The van der Waals surface area contributed by atoms with E-state index in [0.717, 1.165) is 16.5 Å². The number of aromatic nitrogens is 1. The summed E-state index contributed by atoms with van der Waals surface area (Å²) in [5.41, 5.74) is 12.4. The molecule has 0 radical (unpaired) electrons. The van der Waals surface area contributed by atoms with Crippen LogP contribution in [0.25, 0.3) is 10.9 Å². The van der Waals surface area contributed by atoms with Crippen molar-refractivity contribution in [1.29, 1.82) is 0 Å². The van der Waals surface area contributed by atoms with Crippen molar-refractivity contribution in [3.63, 3.8) is 0 Å². The molecule has 0 aliphatic carbocycles. The van der Waals surface area contributed by atoms with Crippen molar-refractivity contribution in [2.24, 2.45) is 17.4 Å². The molecule has 0 fully saturated rings. The van der Waals surface area contributed by atoms with Crippen molar-refractivity contribution in [1.82, 2.24) is 20.9 Å². The molecule has 1 aromatic heterocycles. The highest BCUT2D eigenvalue weighted by Gasteiger charge is 2.30. The predicted molar refractivity (Wildman–Crippen MR) is 132 cm³/mol. The summed E-state index contributed by atoms with van der Waals surface area (Å²) in [6, 6.07) is 3.06. The van der Waals surface area contributed by atoms with Crippen molar-refractivity contribution >= 4 is 40.5 Å². The molecule has 4 unspecified atom stereocenters. The van der Waals surface area contributed by atoms with Gasteiger partial charge >= 0.3 is 5.97 Å². The van der Waals surface area contributed by atoms with Crippen molar-refractivity contribution < 1.29 is 29.1 Å². The van der Waals surface area contributed by atoms with Gasteiger partial charge in [-0.05, 0) is 30.9 Å². The highest BCUT2D eigenvalue weighted by Crippen LogP contribution is 2.19. The molecule has 0 saturated heterocycles. The molecule has 0 aliphatic heterocycles. The smallest absolute Gasteiger partial charge is 0.326 e. The third kappa shape index (κ3) is 7.80. The first-order valence-electron chi connectivity index (χ1n) is 11.6. The van der Waals surface area contributed by atoms with E-state index in [-0.39, 0.29) is 25.2 Å². The highest BCUT2D eigenvalue weighted by atomic mass is 16.4. The molecule has 4 atom stereocenters. The Kier molecular flexibility index (Phi) is 9.97. The Hall–Kier alpha value is -3.93. The number of nitrogens with two attached hydrogens (primary N) is 2. The van der Waals surface area contributed by atoms with Gasteiger partial charge in [0.1, 0.15) is 18.1 Å². The van der Waals surface area contributed by atoms with Crippen LogP contribution in [0.5, 0.6) is 0 Å². The molecule has 0 bridgehead atoms. The van der Waals surface area contributed by atoms with E-state index in [1.807, 2.05) is 24.3 Å². The van der Waals surface area contributed by atoms with E-state index >= 15 is 0 Å². The Morgan fingerprint density at radius 2 is 1.64 bits per heavy atom. The lowest BCUT2D eigenvalue weighted by atomic mass is 10.0. The first kappa shape index (κ1) is 28.3. The van der Waals surface area contributed by atoms with Gasteiger partial charge in [-0.15, -0.1) is 0 Å². The number of rotatable bonds is 13. The number of H-pyrrole nitrogens is 1. The minimum atomic E-state index is -1.22. The summed E-state index contributed by atoms with van der Waals surface area (Å²) < 4.78 is 0. The molecule has 1 heterocycles. The van der Waals surface area contributed by atoms with E-state index in [1.165, 1.54) is 6.92 Å². The molecule has 9 N–H and O–H groups in total. The number of primary amides is 1. The SMILES string of the molecule is CC(NC(=O)C(NC(=O)C(N)CCC(N)=O)C(C)C)C(=O)NC(Cc1c[nH]c2ccccc12)C(=O)O. The van der Waals surface area contributed by atoms with Crippen molar-refractivity contribution in [3.05, 3.63) is 36.0 Å². The first-order chi connectivity index (χ1) is 16.9. The van der Waals surface area contributed by atoms with Crippen LogP contribution >= 0.6 is 0 Å². The zero-order valence-corrected chi connectivity index (χ0v) is 20.5. The molecule has 2 rings (SSSR count). The minimum Gasteiger partial charge on any atom is -0.480 e. The quantitative estimate of drug-likeness (QED) is 0.191. The number of nitrogens with one attached hydrogen (secondary N) is 4. The van der Waals surface area contributed by atoms with E-state index in [0.29, 0.717) is 0 Å². The average molecular weight is 503 g/mol. The average Bonchev–Trinajstić information content (AvgIpc) is 3.22. The fourth-order valence-corrected chi connectivity index (χ4v) is 3.61. The number of amides is 4. The van der Waals surface area contributed by atoms with Gasteiger partial charge in [-0.25, -0.2) is 4.79 Å². The van der Waals surface area contributed by atoms with E-state index in [4.69, 9.17) is 11.5 Å². The number of hydrogen-bond donors (Lipinski definition) is 7. The van der Waals surface area contributed by atoms with Gasteiger partial charge in [0.2, 0.25) is 23.6 Å². The van der Waals surface area contributed by atoms with Gasteiger partial charge in [-0.3, -0.25) is 19.2 Å². The zero-order chi connectivity index (χ0) is 27.0. The molecule has 0 saturated carbocycles. The van der Waals surface area contributed by atoms with E-state index in [2.05, 4.69) is 20.9 Å². The summed E-state index contributed by atoms with van der Waals surface area (Å²) in [5.74, 6) is -4.12. The van der Waals surface area contributed by atoms with Crippen LogP contribution in [0.4, 0.5) is 0 Å². The minimum absolute atomic E-state index is 0.0272. The second-order valence-electron chi connectivity index (χ2n) is 9.04. The molecular weight excluding hydrogens is 468 g/mol. The van der Waals surface area contributed by atoms with Gasteiger partial charge in [0, 0.05) is 29.9 Å². The van der Waals surface area contributed by atoms with Gasteiger partial charge in [0.15, 0.2) is 0 Å². The molecule has 2 aromatic rings. The number of carbonyl (C=O) groups excluding carboxylic acids is 4. The highest BCUT2D eigenvalue weighted by molar-refractivity contribution is 5.94. The van der Waals surface area contributed by atoms with Crippen LogP contribution in [0.2, 0.25) is 0 Å². The molecule has 36 heavy (non-hydrogen) atoms. The number of fused-ring (bicyclic) bond motifs is 1. The molecular formula is C24H34N6O6. The standard InChI is InChI=1S/C24H34N6O6/c1-12(2)20(30-22(33)16(25)8-9-19(26)31)23(34)28-13(3)21(32)29-18(24(35)36)10-14-11-27-17-7-5-4-6-15(14)17/h4-7,11-13,16,18,20,27H,8-10,25H2,1-3H3,(H2,26,31)(H,28,34)(H,29,32)(H,30,33)(H,35,36). The van der Waals surface area contributed by atoms with Gasteiger partial charge in [-0.1, -0.05) is 32.0 Å². The second-order valence-corrected chi connectivity index (χ2v) is 9.04. The fourth-order valence-electron chi connectivity index (χ4n) is 3.61. The molecule has 0 aliphatic rings. The van der Waals surface area contributed by atoms with Crippen LogP contribution in [-0.2, 0) is 30.4 Å². The third-order valence-electron chi connectivity index (χ3n) is 5.75. The Balaban J connectivity index is 2.00. The van der Waals surface area contributed by atoms with Gasteiger partial charge in [0.05, 0.1) is 6.04 Å². The fraction of sp³-hybridized carbons (Fsp3) is 0.458. The Morgan fingerprint density at radius 3 is 2.25 bits per heavy atom. The summed E-state index contributed by atoms with van der Waals surface area (Å²) in [6.07, 6.45) is 1.69. The lowest BCUT2D eigenvalue weighted by molar-refractivity contribution is -0.142. The predicted octanol–water partition coefficient (Wildman–Crippen LogP) is -0.482. The Morgan fingerprint density at radius 1 is 0.972 bits per heavy atom. The molecule has 196 valence electrons. The Labute approximate surface area is 208 Å². The van der Waals surface area contributed by atoms with Crippen molar-refractivity contribution in [2.75, 3.05) is 0 Å². The largest absolute Gasteiger partial charge is 0.480 e. The van der Waals surface area contributed by atoms with Gasteiger partial charge in [-0.2, -0.15) is 0 Å². The van der Waals surface area contributed by atoms with E-state index in [1.54, 1.807) is 20.0 Å². The number of carboxylic acids is 1. The number of benzene rings is 1. The lowest BCUT2D eigenvalue weighted by Gasteiger charge is -2.25. The molecule has 4 amide bonds. The molecule has 12 nitrogen and oxygen atoms in total. The van der Waals surface area contributed by atoms with Crippen LogP contribution in [0.3, 0.4) is 0 Å². The zero-order valence-electron chi connectivity index (χ0n) is 20.5. The van der Waals surface area contributed by atoms with E-state index in [9.17, 15) is 29.1 Å². The first-order valence-corrected chi connectivity index (χ1v) is 11.6. The normalized spacial score (nSPS) is 14.5. The third-order valence-corrected chi connectivity index (χ3v) is 5.75. The molecule has 1 aromatic carbocycles. The maximum atomic E-state index is 12.8. The molecule has 0 spiro atoms. The van der Waals surface area contributed by atoms with Crippen LogP contribution < -0.4 is 27.4 Å². The van der Waals surface area contributed by atoms with Crippen LogP contribution in [0.1, 0.15) is 39.2 Å². The summed E-state index contributed by atoms with van der Waals surface area (Å²) in [5, 5.41) is 18.0. The number of aromatic amines is 1. The number of carboxylic acid groups (broad SMARTS) is 1. The van der Waals surface area contributed by atoms with Crippen molar-refractivity contribution in [3.8, 4) is 0 Å². The number of hydrogen-bond acceptors (Lipinski definition) is 6. The molecule has 12 heteroatoms. The summed E-state index contributed by atoms with van der Waals surface area (Å²) in [7, 11) is 0. The van der Waals surface area contributed by atoms with Crippen LogP contribution in [0, 0.1) is 5.92 Å². The maximum absolute atomic E-state index is 12.8. The van der Waals surface area contributed by atoms with Crippen molar-refractivity contribution in [2.45, 2.75) is 64.2 Å². The van der Waals surface area contributed by atoms with Gasteiger partial charge in [0.25, 0.3) is 0 Å². The topological polar surface area (TPSA) is 209 Å². The Bertz CT molecular complexity index is 1110.